The molecule has 0 unspecified atom stereocenters. The van der Waals surface area contributed by atoms with Crippen LogP contribution in [0.3, 0.4) is 0 Å². The van der Waals surface area contributed by atoms with Crippen LogP contribution in [0.1, 0.15) is 0 Å². The molecule has 12 heavy (non-hydrogen) atoms. The van der Waals surface area contributed by atoms with E-state index in [-0.39, 0.29) is 6.54 Å². The first-order chi connectivity index (χ1) is 5.66. The number of carbonyl (C=O) groups is 1. The van der Waals surface area contributed by atoms with Gasteiger partial charge in [-0.3, -0.25) is 0 Å². The molecule has 0 aliphatic carbocycles. The Balaban J connectivity index is 3.68. The minimum atomic E-state index is -1.23. The highest BCUT2D eigenvalue weighted by atomic mass is 19.1. The van der Waals surface area contributed by atoms with Gasteiger partial charge in [-0.2, -0.15) is 0 Å². The van der Waals surface area contributed by atoms with E-state index in [9.17, 15) is 9.18 Å². The smallest absolute Gasteiger partial charge is 0.404 e. The van der Waals surface area contributed by atoms with E-state index in [1.165, 1.54) is 0 Å². The molecular weight excluding hydrogens is 167 g/mol. The minimum Gasteiger partial charge on any atom is -0.465 e. The standard InChI is InChI=1S/C5H7FN4O2/c6-4(3-9-10-7)1-2-8-5(11)12/h1,8H,2-3H2,(H,11,12). The Morgan fingerprint density at radius 1 is 1.83 bits per heavy atom. The fraction of sp³-hybridized carbons (Fsp3) is 0.400. The van der Waals surface area contributed by atoms with Crippen molar-refractivity contribution in [1.29, 1.82) is 0 Å². The second-order valence-electron chi connectivity index (χ2n) is 1.73. The predicted molar refractivity (Wildman–Crippen MR) is 39.2 cm³/mol. The number of nitrogens with one attached hydrogen (secondary N) is 1. The maximum Gasteiger partial charge on any atom is 0.404 e. The number of hydrogen-bond acceptors (Lipinski definition) is 2. The average Bonchev–Trinajstić information content (AvgIpc) is 2.00. The van der Waals surface area contributed by atoms with Gasteiger partial charge in [-0.1, -0.05) is 5.11 Å². The van der Waals surface area contributed by atoms with Gasteiger partial charge in [-0.25, -0.2) is 9.18 Å². The molecule has 0 saturated carbocycles. The molecule has 0 aliphatic rings. The molecule has 0 spiro atoms. The Morgan fingerprint density at radius 2 is 2.50 bits per heavy atom. The molecule has 0 aromatic heterocycles. The lowest BCUT2D eigenvalue weighted by atomic mass is 10.4. The highest BCUT2D eigenvalue weighted by Gasteiger charge is 1.93. The highest BCUT2D eigenvalue weighted by molar-refractivity contribution is 5.64. The van der Waals surface area contributed by atoms with Gasteiger partial charge in [0.1, 0.15) is 5.83 Å². The minimum absolute atomic E-state index is 0.137. The number of hydrogen-bond donors (Lipinski definition) is 2. The van der Waals surface area contributed by atoms with Crippen LogP contribution in [0.25, 0.3) is 10.4 Å². The summed E-state index contributed by atoms with van der Waals surface area (Å²) in [6.07, 6.45) is -0.245. The summed E-state index contributed by atoms with van der Waals surface area (Å²) in [7, 11) is 0. The molecule has 1 amide bonds. The van der Waals surface area contributed by atoms with Gasteiger partial charge in [-0.05, 0) is 11.6 Å². The molecule has 0 heterocycles. The summed E-state index contributed by atoms with van der Waals surface area (Å²) in [5.41, 5.74) is 7.78. The summed E-state index contributed by atoms with van der Waals surface area (Å²) >= 11 is 0. The molecule has 0 rings (SSSR count). The largest absolute Gasteiger partial charge is 0.465 e. The molecule has 7 heteroatoms. The van der Waals surface area contributed by atoms with Crippen molar-refractivity contribution in [1.82, 2.24) is 5.32 Å². The first-order valence-electron chi connectivity index (χ1n) is 2.99. The van der Waals surface area contributed by atoms with E-state index in [1.807, 2.05) is 5.32 Å². The topological polar surface area (TPSA) is 98.1 Å². The van der Waals surface area contributed by atoms with E-state index in [0.29, 0.717) is 0 Å². The quantitative estimate of drug-likeness (QED) is 0.382. The number of amides is 1. The van der Waals surface area contributed by atoms with Crippen molar-refractivity contribution in [2.75, 3.05) is 13.1 Å². The van der Waals surface area contributed by atoms with Crippen LogP contribution >= 0.6 is 0 Å². The Morgan fingerprint density at radius 3 is 3.00 bits per heavy atom. The zero-order chi connectivity index (χ0) is 9.40. The van der Waals surface area contributed by atoms with E-state index in [0.717, 1.165) is 6.08 Å². The number of halogens is 1. The molecule has 0 radical (unpaired) electrons. The summed E-state index contributed by atoms with van der Waals surface area (Å²) in [6.45, 7) is -0.528. The molecule has 0 aromatic carbocycles. The van der Waals surface area contributed by atoms with Crippen LogP contribution in [0.5, 0.6) is 0 Å². The third-order valence-corrected chi connectivity index (χ3v) is 0.862. The van der Waals surface area contributed by atoms with Crippen LogP contribution in [0.4, 0.5) is 9.18 Å². The van der Waals surface area contributed by atoms with Gasteiger partial charge in [0.15, 0.2) is 0 Å². The highest BCUT2D eigenvalue weighted by Crippen LogP contribution is 1.95. The normalized spacial score (nSPS) is 10.2. The first-order valence-corrected chi connectivity index (χ1v) is 2.99. The average molecular weight is 174 g/mol. The second kappa shape index (κ2) is 5.99. The summed E-state index contributed by atoms with van der Waals surface area (Å²) in [5, 5.41) is 12.9. The molecule has 2 N–H and O–H groups in total. The maximum absolute atomic E-state index is 12.4. The lowest BCUT2D eigenvalue weighted by Gasteiger charge is -1.93. The van der Waals surface area contributed by atoms with Crippen molar-refractivity contribution < 1.29 is 14.3 Å². The number of nitrogens with zero attached hydrogens (tertiary/aromatic N) is 3. The van der Waals surface area contributed by atoms with Crippen LogP contribution in [-0.2, 0) is 0 Å². The number of azide groups is 1. The monoisotopic (exact) mass is 174 g/mol. The Bertz CT molecular complexity index is 234. The third-order valence-electron chi connectivity index (χ3n) is 0.862. The van der Waals surface area contributed by atoms with Crippen molar-refractivity contribution in [3.63, 3.8) is 0 Å². The van der Waals surface area contributed by atoms with Gasteiger partial charge < -0.3 is 10.4 Å². The lowest BCUT2D eigenvalue weighted by Crippen LogP contribution is -2.20. The zero-order valence-corrected chi connectivity index (χ0v) is 6.07. The molecule has 0 aromatic rings. The molecule has 6 nitrogen and oxygen atoms in total. The van der Waals surface area contributed by atoms with Gasteiger partial charge >= 0.3 is 6.09 Å². The van der Waals surface area contributed by atoms with Gasteiger partial charge in [0.05, 0.1) is 6.54 Å². The zero-order valence-electron chi connectivity index (χ0n) is 6.07. The SMILES string of the molecule is [N-]=[N+]=NCC(F)=CCNC(=O)O. The van der Waals surface area contributed by atoms with E-state index in [4.69, 9.17) is 10.6 Å². The Hall–Kier alpha value is -1.75. The van der Waals surface area contributed by atoms with E-state index >= 15 is 0 Å². The molecule has 0 atom stereocenters. The van der Waals surface area contributed by atoms with Gasteiger partial charge in [0.2, 0.25) is 0 Å². The van der Waals surface area contributed by atoms with Crippen molar-refractivity contribution in [2.45, 2.75) is 0 Å². The molecular formula is C5H7FN4O2. The first kappa shape index (κ1) is 10.2. The fourth-order valence-corrected chi connectivity index (χ4v) is 0.413. The van der Waals surface area contributed by atoms with Crippen LogP contribution < -0.4 is 5.32 Å². The molecule has 66 valence electrons. The summed E-state index contributed by atoms with van der Waals surface area (Å²) in [5.74, 6) is -0.665. The van der Waals surface area contributed by atoms with Crippen molar-refractivity contribution in [3.8, 4) is 0 Å². The Kier molecular flexibility index (Phi) is 5.12. The van der Waals surface area contributed by atoms with E-state index < -0.39 is 18.5 Å². The van der Waals surface area contributed by atoms with Crippen LogP contribution in [0, 0.1) is 0 Å². The van der Waals surface area contributed by atoms with E-state index in [1.54, 1.807) is 0 Å². The molecule has 0 bridgehead atoms. The third kappa shape index (κ3) is 6.37. The fourth-order valence-electron chi connectivity index (χ4n) is 0.413. The number of rotatable bonds is 4. The van der Waals surface area contributed by atoms with Crippen LogP contribution in [0.15, 0.2) is 17.0 Å². The van der Waals surface area contributed by atoms with E-state index in [2.05, 4.69) is 10.0 Å². The predicted octanol–water partition coefficient (Wildman–Crippen LogP) is 1.42. The van der Waals surface area contributed by atoms with Crippen molar-refractivity contribution >= 4 is 6.09 Å². The van der Waals surface area contributed by atoms with Gasteiger partial charge in [0.25, 0.3) is 0 Å². The summed E-state index contributed by atoms with van der Waals surface area (Å²) in [4.78, 5) is 12.2. The van der Waals surface area contributed by atoms with Gasteiger partial charge in [-0.15, -0.1) is 0 Å². The van der Waals surface area contributed by atoms with Crippen LogP contribution in [-0.4, -0.2) is 24.3 Å². The maximum atomic E-state index is 12.4. The molecule has 0 saturated heterocycles. The van der Waals surface area contributed by atoms with Crippen molar-refractivity contribution in [3.05, 3.63) is 22.3 Å². The molecule has 0 aliphatic heterocycles. The summed E-state index contributed by atoms with van der Waals surface area (Å²) in [6, 6.07) is 0. The Labute approximate surface area is 67.3 Å². The number of carboxylic acid groups (broad SMARTS) is 1. The van der Waals surface area contributed by atoms with Crippen molar-refractivity contribution in [2.24, 2.45) is 5.11 Å². The summed E-state index contributed by atoms with van der Waals surface area (Å²) < 4.78 is 12.4. The lowest BCUT2D eigenvalue weighted by molar-refractivity contribution is 0.195. The van der Waals surface area contributed by atoms with Crippen LogP contribution in [0.2, 0.25) is 0 Å². The molecule has 0 fully saturated rings. The van der Waals surface area contributed by atoms with Gasteiger partial charge in [0, 0.05) is 11.5 Å². The second-order valence-corrected chi connectivity index (χ2v) is 1.73.